The molecule has 3 heterocycles. The summed E-state index contributed by atoms with van der Waals surface area (Å²) in [5.74, 6) is 1.78. The first-order chi connectivity index (χ1) is 14.2. The highest BCUT2D eigenvalue weighted by molar-refractivity contribution is 6.32. The van der Waals surface area contributed by atoms with E-state index in [1.807, 2.05) is 41.4 Å². The van der Waals surface area contributed by atoms with Crippen LogP contribution in [0.3, 0.4) is 0 Å². The van der Waals surface area contributed by atoms with Gasteiger partial charge in [-0.15, -0.1) is 0 Å². The van der Waals surface area contributed by atoms with E-state index in [-0.39, 0.29) is 5.91 Å². The number of hydrogen-bond donors (Lipinski definition) is 0. The van der Waals surface area contributed by atoms with Crippen molar-refractivity contribution in [1.82, 2.24) is 14.9 Å². The van der Waals surface area contributed by atoms with Gasteiger partial charge in [-0.05, 0) is 43.0 Å². The lowest BCUT2D eigenvalue weighted by molar-refractivity contribution is -0.126. The first kappa shape index (κ1) is 19.7. The lowest BCUT2D eigenvalue weighted by atomic mass is 10.1. The molecule has 0 bridgehead atoms. The minimum Gasteiger partial charge on any atom is -0.353 e. The number of piperidine rings is 1. The molecule has 0 spiro atoms. The first-order valence-electron chi connectivity index (χ1n) is 10.3. The highest BCUT2D eigenvalue weighted by Gasteiger charge is 2.22. The SMILES string of the molecule is O=C(/C=C/c1ccccc1Cl)N1CCN(c2ccnc(N3CCCCC3)n2)CC1. The predicted octanol–water partition coefficient (Wildman–Crippen LogP) is 3.48. The monoisotopic (exact) mass is 411 g/mol. The van der Waals surface area contributed by atoms with Crippen molar-refractivity contribution in [2.45, 2.75) is 19.3 Å². The van der Waals surface area contributed by atoms with Gasteiger partial charge in [0.2, 0.25) is 11.9 Å². The number of nitrogens with zero attached hydrogens (tertiary/aromatic N) is 5. The van der Waals surface area contributed by atoms with Crippen LogP contribution in [0.25, 0.3) is 6.08 Å². The van der Waals surface area contributed by atoms with Crippen molar-refractivity contribution in [3.63, 3.8) is 0 Å². The summed E-state index contributed by atoms with van der Waals surface area (Å²) in [5.41, 5.74) is 0.854. The molecule has 0 N–H and O–H groups in total. The third-order valence-corrected chi connectivity index (χ3v) is 5.84. The van der Waals surface area contributed by atoms with Crippen LogP contribution in [0.2, 0.25) is 5.02 Å². The quantitative estimate of drug-likeness (QED) is 0.721. The standard InChI is InChI=1S/C22H26ClN5O/c23-19-7-3-2-6-18(19)8-9-21(29)27-16-14-26(15-17-27)20-10-11-24-22(25-20)28-12-4-1-5-13-28/h2-3,6-11H,1,4-5,12-17H2/b9-8+. The Kier molecular flexibility index (Phi) is 6.30. The summed E-state index contributed by atoms with van der Waals surface area (Å²) in [6.45, 7) is 4.95. The Labute approximate surface area is 176 Å². The topological polar surface area (TPSA) is 52.6 Å². The van der Waals surface area contributed by atoms with E-state index in [0.29, 0.717) is 18.1 Å². The molecule has 6 nitrogen and oxygen atoms in total. The third kappa shape index (κ3) is 4.88. The minimum absolute atomic E-state index is 0.0151. The highest BCUT2D eigenvalue weighted by Crippen LogP contribution is 2.20. The molecular formula is C22H26ClN5O. The number of piperazine rings is 1. The number of halogens is 1. The number of hydrogen-bond acceptors (Lipinski definition) is 5. The molecule has 0 radical (unpaired) electrons. The van der Waals surface area contributed by atoms with Gasteiger partial charge < -0.3 is 14.7 Å². The van der Waals surface area contributed by atoms with Crippen LogP contribution in [0.1, 0.15) is 24.8 Å². The Hall–Kier alpha value is -2.60. The van der Waals surface area contributed by atoms with Gasteiger partial charge in [0, 0.05) is 56.6 Å². The number of anilines is 2. The number of carbonyl (C=O) groups excluding carboxylic acids is 1. The van der Waals surface area contributed by atoms with E-state index in [0.717, 1.165) is 43.5 Å². The average Bonchev–Trinajstić information content (AvgIpc) is 2.79. The highest BCUT2D eigenvalue weighted by atomic mass is 35.5. The van der Waals surface area contributed by atoms with Gasteiger partial charge in [-0.1, -0.05) is 29.8 Å². The zero-order valence-electron chi connectivity index (χ0n) is 16.5. The summed E-state index contributed by atoms with van der Waals surface area (Å²) in [6.07, 6.45) is 8.93. The summed E-state index contributed by atoms with van der Waals surface area (Å²) in [4.78, 5) is 28.2. The zero-order chi connectivity index (χ0) is 20.1. The van der Waals surface area contributed by atoms with Crippen molar-refractivity contribution in [3.05, 3.63) is 53.2 Å². The van der Waals surface area contributed by atoms with Crippen LogP contribution in [-0.2, 0) is 4.79 Å². The molecule has 0 saturated carbocycles. The van der Waals surface area contributed by atoms with Crippen LogP contribution in [0.4, 0.5) is 11.8 Å². The normalized spacial score (nSPS) is 17.8. The molecule has 152 valence electrons. The van der Waals surface area contributed by atoms with E-state index in [4.69, 9.17) is 16.6 Å². The maximum absolute atomic E-state index is 12.5. The summed E-state index contributed by atoms with van der Waals surface area (Å²) in [6, 6.07) is 9.48. The predicted molar refractivity (Wildman–Crippen MR) is 117 cm³/mol. The van der Waals surface area contributed by atoms with Crippen molar-refractivity contribution in [2.24, 2.45) is 0 Å². The van der Waals surface area contributed by atoms with E-state index in [9.17, 15) is 4.79 Å². The van der Waals surface area contributed by atoms with Gasteiger partial charge in [0.1, 0.15) is 5.82 Å². The van der Waals surface area contributed by atoms with Gasteiger partial charge in [0.15, 0.2) is 0 Å². The molecule has 0 unspecified atom stereocenters. The van der Waals surface area contributed by atoms with Crippen LogP contribution in [0, 0.1) is 0 Å². The molecule has 2 aliphatic heterocycles. The van der Waals surface area contributed by atoms with Crippen LogP contribution >= 0.6 is 11.6 Å². The summed E-state index contributed by atoms with van der Waals surface area (Å²) < 4.78 is 0. The Bertz CT molecular complexity index is 873. The molecule has 7 heteroatoms. The lowest BCUT2D eigenvalue weighted by Crippen LogP contribution is -2.48. The molecule has 1 amide bonds. The number of aromatic nitrogens is 2. The molecule has 2 aliphatic rings. The van der Waals surface area contributed by atoms with E-state index in [1.165, 1.54) is 19.3 Å². The molecular weight excluding hydrogens is 386 g/mol. The minimum atomic E-state index is 0.0151. The van der Waals surface area contributed by atoms with Gasteiger partial charge in [-0.25, -0.2) is 4.98 Å². The van der Waals surface area contributed by atoms with Crippen LogP contribution in [0.5, 0.6) is 0 Å². The summed E-state index contributed by atoms with van der Waals surface area (Å²) >= 11 is 6.15. The van der Waals surface area contributed by atoms with Gasteiger partial charge in [-0.2, -0.15) is 4.98 Å². The molecule has 1 aromatic heterocycles. The second-order valence-corrected chi connectivity index (χ2v) is 7.84. The molecule has 2 fully saturated rings. The summed E-state index contributed by atoms with van der Waals surface area (Å²) in [7, 11) is 0. The molecule has 4 rings (SSSR count). The second kappa shape index (κ2) is 9.27. The number of rotatable bonds is 4. The second-order valence-electron chi connectivity index (χ2n) is 7.43. The van der Waals surface area contributed by atoms with E-state index in [1.54, 1.807) is 12.2 Å². The summed E-state index contributed by atoms with van der Waals surface area (Å²) in [5, 5.41) is 0.648. The van der Waals surface area contributed by atoms with Crippen LogP contribution in [0.15, 0.2) is 42.6 Å². The van der Waals surface area contributed by atoms with Crippen molar-refractivity contribution in [1.29, 1.82) is 0 Å². The van der Waals surface area contributed by atoms with Crippen LogP contribution < -0.4 is 9.80 Å². The molecule has 2 aromatic rings. The third-order valence-electron chi connectivity index (χ3n) is 5.49. The van der Waals surface area contributed by atoms with Crippen molar-refractivity contribution in [3.8, 4) is 0 Å². The van der Waals surface area contributed by atoms with Crippen molar-refractivity contribution in [2.75, 3.05) is 49.1 Å². The Morgan fingerprint density at radius 3 is 2.45 bits per heavy atom. The fourth-order valence-electron chi connectivity index (χ4n) is 3.79. The van der Waals surface area contributed by atoms with Gasteiger partial charge >= 0.3 is 0 Å². The average molecular weight is 412 g/mol. The van der Waals surface area contributed by atoms with E-state index in [2.05, 4.69) is 14.8 Å². The number of benzene rings is 1. The smallest absolute Gasteiger partial charge is 0.246 e. The Balaban J connectivity index is 1.34. The van der Waals surface area contributed by atoms with Gasteiger partial charge in [0.05, 0.1) is 0 Å². The first-order valence-corrected chi connectivity index (χ1v) is 10.6. The fourth-order valence-corrected chi connectivity index (χ4v) is 3.99. The Morgan fingerprint density at radius 1 is 0.931 bits per heavy atom. The lowest BCUT2D eigenvalue weighted by Gasteiger charge is -2.35. The maximum Gasteiger partial charge on any atom is 0.246 e. The van der Waals surface area contributed by atoms with Gasteiger partial charge in [0.25, 0.3) is 0 Å². The van der Waals surface area contributed by atoms with Crippen molar-refractivity contribution >= 4 is 35.4 Å². The van der Waals surface area contributed by atoms with Gasteiger partial charge in [-0.3, -0.25) is 4.79 Å². The number of amides is 1. The van der Waals surface area contributed by atoms with Crippen LogP contribution in [-0.4, -0.2) is 60.0 Å². The molecule has 29 heavy (non-hydrogen) atoms. The molecule has 2 saturated heterocycles. The molecule has 1 aromatic carbocycles. The maximum atomic E-state index is 12.5. The van der Waals surface area contributed by atoms with Crippen molar-refractivity contribution < 1.29 is 4.79 Å². The largest absolute Gasteiger partial charge is 0.353 e. The number of carbonyl (C=O) groups is 1. The Morgan fingerprint density at radius 2 is 1.69 bits per heavy atom. The van der Waals surface area contributed by atoms with E-state index >= 15 is 0 Å². The fraction of sp³-hybridized carbons (Fsp3) is 0.409. The zero-order valence-corrected chi connectivity index (χ0v) is 17.3. The molecule has 0 aliphatic carbocycles. The van der Waals surface area contributed by atoms with E-state index < -0.39 is 0 Å². The molecule has 0 atom stereocenters.